The van der Waals surface area contributed by atoms with Gasteiger partial charge in [0.1, 0.15) is 0 Å². The van der Waals surface area contributed by atoms with Crippen LogP contribution in [-0.4, -0.2) is 33.5 Å². The van der Waals surface area contributed by atoms with E-state index in [9.17, 15) is 13.2 Å². The van der Waals surface area contributed by atoms with E-state index in [1.807, 2.05) is 0 Å². The average Bonchev–Trinajstić information content (AvgIpc) is 2.39. The summed E-state index contributed by atoms with van der Waals surface area (Å²) in [6, 6.07) is 5.99. The Morgan fingerprint density at radius 2 is 2.00 bits per heavy atom. The molecule has 0 amide bonds. The van der Waals surface area contributed by atoms with Gasteiger partial charge in [-0.3, -0.25) is 4.79 Å². The Balaban J connectivity index is 2.18. The summed E-state index contributed by atoms with van der Waals surface area (Å²) in [5.74, 6) is -0.150. The van der Waals surface area contributed by atoms with Crippen LogP contribution in [0.15, 0.2) is 29.2 Å². The minimum Gasteiger partial charge on any atom is -0.381 e. The fourth-order valence-electron chi connectivity index (χ4n) is 1.99. The molecular weight excluding hydrogens is 266 g/mol. The molecule has 0 saturated carbocycles. The van der Waals surface area contributed by atoms with Gasteiger partial charge in [-0.2, -0.15) is 0 Å². The van der Waals surface area contributed by atoms with Gasteiger partial charge >= 0.3 is 0 Å². The van der Waals surface area contributed by atoms with E-state index in [1.165, 1.54) is 19.1 Å². The van der Waals surface area contributed by atoms with Gasteiger partial charge < -0.3 is 4.74 Å². The summed E-state index contributed by atoms with van der Waals surface area (Å²) >= 11 is 0. The molecule has 0 atom stereocenters. The number of rotatable bonds is 4. The van der Waals surface area contributed by atoms with Gasteiger partial charge in [-0.1, -0.05) is 12.1 Å². The lowest BCUT2D eigenvalue weighted by Crippen LogP contribution is -2.38. The molecule has 0 aliphatic carbocycles. The number of carbonyl (C=O) groups is 1. The molecule has 6 heteroatoms. The topological polar surface area (TPSA) is 72.5 Å². The van der Waals surface area contributed by atoms with Gasteiger partial charge in [0.2, 0.25) is 10.0 Å². The lowest BCUT2D eigenvalue weighted by molar-refractivity contribution is 0.0832. The van der Waals surface area contributed by atoms with Crippen LogP contribution < -0.4 is 4.72 Å². The highest BCUT2D eigenvalue weighted by molar-refractivity contribution is 7.89. The van der Waals surface area contributed by atoms with E-state index in [4.69, 9.17) is 4.74 Å². The van der Waals surface area contributed by atoms with Crippen molar-refractivity contribution in [2.75, 3.05) is 13.2 Å². The summed E-state index contributed by atoms with van der Waals surface area (Å²) in [6.07, 6.45) is 1.34. The normalized spacial score (nSPS) is 17.3. The second-order valence-electron chi connectivity index (χ2n) is 4.59. The number of nitrogens with one attached hydrogen (secondary N) is 1. The maximum atomic E-state index is 12.2. The van der Waals surface area contributed by atoms with Crippen LogP contribution in [0.5, 0.6) is 0 Å². The second-order valence-corrected chi connectivity index (χ2v) is 6.31. The second kappa shape index (κ2) is 5.81. The van der Waals surface area contributed by atoms with Crippen LogP contribution in [0.25, 0.3) is 0 Å². The molecule has 5 nitrogen and oxygen atoms in total. The third kappa shape index (κ3) is 3.62. The van der Waals surface area contributed by atoms with Crippen molar-refractivity contribution >= 4 is 15.8 Å². The van der Waals surface area contributed by atoms with Crippen LogP contribution in [0.1, 0.15) is 30.1 Å². The Hall–Kier alpha value is -1.24. The number of carbonyl (C=O) groups excluding carboxylic acids is 1. The Morgan fingerprint density at radius 1 is 1.32 bits per heavy atom. The first-order chi connectivity index (χ1) is 8.99. The molecular formula is C13H17NO4S. The molecule has 0 radical (unpaired) electrons. The average molecular weight is 283 g/mol. The predicted molar refractivity (Wildman–Crippen MR) is 70.6 cm³/mol. The van der Waals surface area contributed by atoms with Crippen LogP contribution in [0.3, 0.4) is 0 Å². The quantitative estimate of drug-likeness (QED) is 0.847. The lowest BCUT2D eigenvalue weighted by atomic mass is 10.1. The van der Waals surface area contributed by atoms with Crippen molar-refractivity contribution in [1.29, 1.82) is 0 Å². The Kier molecular flexibility index (Phi) is 4.34. The first kappa shape index (κ1) is 14.2. The van der Waals surface area contributed by atoms with Gasteiger partial charge in [-0.05, 0) is 31.9 Å². The molecule has 1 heterocycles. The third-order valence-corrected chi connectivity index (χ3v) is 4.61. The number of hydrogen-bond donors (Lipinski definition) is 1. The van der Waals surface area contributed by atoms with Crippen LogP contribution in [0, 0.1) is 0 Å². The molecule has 0 spiro atoms. The number of benzene rings is 1. The zero-order valence-electron chi connectivity index (χ0n) is 10.8. The molecule has 0 bridgehead atoms. The van der Waals surface area contributed by atoms with Gasteiger partial charge in [0.15, 0.2) is 5.78 Å². The minimum atomic E-state index is -3.57. The highest BCUT2D eigenvalue weighted by atomic mass is 32.2. The summed E-state index contributed by atoms with van der Waals surface area (Å²) < 4.78 is 32.3. The monoisotopic (exact) mass is 283 g/mol. The Morgan fingerprint density at radius 3 is 2.63 bits per heavy atom. The van der Waals surface area contributed by atoms with Gasteiger partial charge in [0.25, 0.3) is 0 Å². The molecule has 1 aromatic carbocycles. The molecule has 1 fully saturated rings. The molecule has 19 heavy (non-hydrogen) atoms. The maximum absolute atomic E-state index is 12.2. The van der Waals surface area contributed by atoms with Gasteiger partial charge in [0.05, 0.1) is 4.90 Å². The molecule has 1 aliphatic rings. The summed E-state index contributed by atoms with van der Waals surface area (Å²) in [4.78, 5) is 11.4. The smallest absolute Gasteiger partial charge is 0.240 e. The largest absolute Gasteiger partial charge is 0.381 e. The highest BCUT2D eigenvalue weighted by Crippen LogP contribution is 2.15. The maximum Gasteiger partial charge on any atom is 0.240 e. The van der Waals surface area contributed by atoms with E-state index in [0.29, 0.717) is 31.6 Å². The van der Waals surface area contributed by atoms with Crippen molar-refractivity contribution in [2.24, 2.45) is 0 Å². The Labute approximate surface area is 113 Å². The van der Waals surface area contributed by atoms with Crippen molar-refractivity contribution < 1.29 is 17.9 Å². The van der Waals surface area contributed by atoms with Gasteiger partial charge in [0, 0.05) is 24.8 Å². The highest BCUT2D eigenvalue weighted by Gasteiger charge is 2.22. The Bertz CT molecular complexity index is 562. The molecule has 1 aliphatic heterocycles. The first-order valence-electron chi connectivity index (χ1n) is 6.20. The molecule has 0 aromatic heterocycles. The van der Waals surface area contributed by atoms with Crippen molar-refractivity contribution in [3.8, 4) is 0 Å². The van der Waals surface area contributed by atoms with E-state index in [0.717, 1.165) is 0 Å². The summed E-state index contributed by atoms with van der Waals surface area (Å²) in [5, 5.41) is 0. The minimum absolute atomic E-state index is 0.0975. The number of hydrogen-bond acceptors (Lipinski definition) is 4. The summed E-state index contributed by atoms with van der Waals surface area (Å²) in [5.41, 5.74) is 0.398. The lowest BCUT2D eigenvalue weighted by Gasteiger charge is -2.23. The van der Waals surface area contributed by atoms with Crippen molar-refractivity contribution in [1.82, 2.24) is 4.72 Å². The van der Waals surface area contributed by atoms with E-state index < -0.39 is 10.0 Å². The predicted octanol–water partition coefficient (Wildman–Crippen LogP) is 1.35. The zero-order chi connectivity index (χ0) is 13.9. The standard InChI is InChI=1S/C13H17NO4S/c1-10(15)11-3-2-4-13(9-11)19(16,17)14-12-5-7-18-8-6-12/h2-4,9,12,14H,5-8H2,1H3. The van der Waals surface area contributed by atoms with Crippen LogP contribution in [0.4, 0.5) is 0 Å². The van der Waals surface area contributed by atoms with Crippen LogP contribution in [0.2, 0.25) is 0 Å². The van der Waals surface area contributed by atoms with Crippen molar-refractivity contribution in [3.05, 3.63) is 29.8 Å². The van der Waals surface area contributed by atoms with E-state index in [-0.39, 0.29) is 16.7 Å². The van der Waals surface area contributed by atoms with Crippen molar-refractivity contribution in [2.45, 2.75) is 30.7 Å². The zero-order valence-corrected chi connectivity index (χ0v) is 11.6. The van der Waals surface area contributed by atoms with E-state index in [1.54, 1.807) is 12.1 Å². The molecule has 1 N–H and O–H groups in total. The van der Waals surface area contributed by atoms with Gasteiger partial charge in [-0.25, -0.2) is 13.1 Å². The van der Waals surface area contributed by atoms with E-state index >= 15 is 0 Å². The number of ketones is 1. The van der Waals surface area contributed by atoms with E-state index in [2.05, 4.69) is 4.72 Å². The number of Topliss-reactive ketones (excluding diaryl/α,β-unsaturated/α-hetero) is 1. The number of ether oxygens (including phenoxy) is 1. The van der Waals surface area contributed by atoms with Crippen LogP contribution in [-0.2, 0) is 14.8 Å². The molecule has 104 valence electrons. The fourth-order valence-corrected chi connectivity index (χ4v) is 3.34. The molecule has 1 aromatic rings. The first-order valence-corrected chi connectivity index (χ1v) is 7.68. The van der Waals surface area contributed by atoms with Crippen molar-refractivity contribution in [3.63, 3.8) is 0 Å². The molecule has 1 saturated heterocycles. The number of sulfonamides is 1. The SMILES string of the molecule is CC(=O)c1cccc(S(=O)(=O)NC2CCOCC2)c1. The fraction of sp³-hybridized carbons (Fsp3) is 0.462. The summed E-state index contributed by atoms with van der Waals surface area (Å²) in [6.45, 7) is 2.55. The third-order valence-electron chi connectivity index (χ3n) is 3.09. The van der Waals surface area contributed by atoms with Gasteiger partial charge in [-0.15, -0.1) is 0 Å². The summed E-state index contributed by atoms with van der Waals surface area (Å²) in [7, 11) is -3.57. The van der Waals surface area contributed by atoms with Crippen LogP contribution >= 0.6 is 0 Å². The molecule has 2 rings (SSSR count). The molecule has 0 unspecified atom stereocenters.